The quantitative estimate of drug-likeness (QED) is 0.755. The van der Waals surface area contributed by atoms with E-state index in [-0.39, 0.29) is 12.4 Å². The van der Waals surface area contributed by atoms with Crippen molar-refractivity contribution in [2.75, 3.05) is 6.61 Å². The summed E-state index contributed by atoms with van der Waals surface area (Å²) in [7, 11) is 0. The maximum Gasteiger partial charge on any atom is 0.130 e. The van der Waals surface area contributed by atoms with E-state index in [1.807, 2.05) is 24.3 Å². The number of aryl methyl sites for hydroxylation is 1. The average molecular weight is 202 g/mol. The van der Waals surface area contributed by atoms with E-state index in [2.05, 4.69) is 11.8 Å². The molecular weight excluding hydrogens is 188 g/mol. The van der Waals surface area contributed by atoms with E-state index in [1.165, 1.54) is 0 Å². The van der Waals surface area contributed by atoms with Crippen molar-refractivity contribution in [3.05, 3.63) is 35.4 Å². The lowest BCUT2D eigenvalue weighted by molar-refractivity contribution is -0.116. The molecule has 0 atom stereocenters. The van der Waals surface area contributed by atoms with Crippen LogP contribution >= 0.6 is 0 Å². The molecular formula is C13H14O2. The highest BCUT2D eigenvalue weighted by Gasteiger charge is 2.00. The van der Waals surface area contributed by atoms with Gasteiger partial charge in [-0.2, -0.15) is 0 Å². The molecule has 0 saturated heterocycles. The van der Waals surface area contributed by atoms with Gasteiger partial charge >= 0.3 is 0 Å². The second kappa shape index (κ2) is 6.00. The molecule has 2 heteroatoms. The maximum atomic E-state index is 10.9. The van der Waals surface area contributed by atoms with Crippen LogP contribution in [-0.2, 0) is 11.2 Å². The van der Waals surface area contributed by atoms with E-state index in [0.29, 0.717) is 12.8 Å². The summed E-state index contributed by atoms with van der Waals surface area (Å²) in [6.07, 6.45) is 1.25. The fourth-order valence-electron chi connectivity index (χ4n) is 1.31. The van der Waals surface area contributed by atoms with Crippen LogP contribution < -0.4 is 0 Å². The molecule has 15 heavy (non-hydrogen) atoms. The minimum absolute atomic E-state index is 0.138. The van der Waals surface area contributed by atoms with Gasteiger partial charge in [-0.1, -0.05) is 30.0 Å². The molecule has 0 radical (unpaired) electrons. The van der Waals surface area contributed by atoms with Gasteiger partial charge in [0.15, 0.2) is 0 Å². The number of carbonyl (C=O) groups excluding carboxylic acids is 1. The molecule has 0 saturated carbocycles. The summed E-state index contributed by atoms with van der Waals surface area (Å²) in [5, 5.41) is 8.61. The molecule has 0 aliphatic carbocycles. The number of carbonyl (C=O) groups is 1. The normalized spacial score (nSPS) is 9.20. The Bertz CT molecular complexity index is 396. The van der Waals surface area contributed by atoms with Crippen LogP contribution in [0.4, 0.5) is 0 Å². The molecule has 0 spiro atoms. The number of hydrogen-bond acceptors (Lipinski definition) is 2. The summed E-state index contributed by atoms with van der Waals surface area (Å²) in [6.45, 7) is 1.45. The van der Waals surface area contributed by atoms with E-state index >= 15 is 0 Å². The Morgan fingerprint density at radius 1 is 1.40 bits per heavy atom. The van der Waals surface area contributed by atoms with E-state index in [1.54, 1.807) is 6.92 Å². The van der Waals surface area contributed by atoms with Crippen LogP contribution in [0.2, 0.25) is 0 Å². The summed E-state index contributed by atoms with van der Waals surface area (Å²) < 4.78 is 0. The molecule has 0 bridgehead atoms. The predicted octanol–water partition coefficient (Wildman–Crippen LogP) is 1.55. The van der Waals surface area contributed by atoms with Gasteiger partial charge in [0, 0.05) is 12.0 Å². The minimum Gasteiger partial charge on any atom is -0.384 e. The number of aliphatic hydroxyl groups excluding tert-OH is 1. The molecule has 2 nitrogen and oxygen atoms in total. The number of Topliss-reactive ketones (excluding diaryl/α,β-unsaturated/α-hetero) is 1. The van der Waals surface area contributed by atoms with E-state index in [0.717, 1.165) is 11.1 Å². The fraction of sp³-hybridized carbons (Fsp3) is 0.308. The van der Waals surface area contributed by atoms with Crippen molar-refractivity contribution in [3.63, 3.8) is 0 Å². The average Bonchev–Trinajstić information content (AvgIpc) is 2.24. The standard InChI is InChI=1S/C13H14O2/c1-11(15)8-9-13-6-3-2-5-12(13)7-4-10-14/h2-3,5-6,14H,8-10H2,1H3. The van der Waals surface area contributed by atoms with Crippen LogP contribution in [0.1, 0.15) is 24.5 Å². The number of benzene rings is 1. The second-order valence-electron chi connectivity index (χ2n) is 3.32. The van der Waals surface area contributed by atoms with Crippen LogP contribution in [0.5, 0.6) is 0 Å². The third kappa shape index (κ3) is 3.97. The molecule has 78 valence electrons. The molecule has 0 aromatic heterocycles. The molecule has 0 aliphatic rings. The molecule has 0 amide bonds. The first-order valence-corrected chi connectivity index (χ1v) is 4.91. The van der Waals surface area contributed by atoms with Crippen molar-refractivity contribution in [2.24, 2.45) is 0 Å². The first-order valence-electron chi connectivity index (χ1n) is 4.91. The van der Waals surface area contributed by atoms with Crippen LogP contribution in [0, 0.1) is 11.8 Å². The zero-order chi connectivity index (χ0) is 11.1. The molecule has 1 aromatic rings. The van der Waals surface area contributed by atoms with Gasteiger partial charge in [0.1, 0.15) is 12.4 Å². The lowest BCUT2D eigenvalue weighted by Crippen LogP contribution is -1.96. The van der Waals surface area contributed by atoms with Crippen LogP contribution in [0.3, 0.4) is 0 Å². The topological polar surface area (TPSA) is 37.3 Å². The van der Waals surface area contributed by atoms with E-state index in [9.17, 15) is 4.79 Å². The fourth-order valence-corrected chi connectivity index (χ4v) is 1.31. The highest BCUT2D eigenvalue weighted by Crippen LogP contribution is 2.09. The van der Waals surface area contributed by atoms with Crippen molar-refractivity contribution in [1.29, 1.82) is 0 Å². The van der Waals surface area contributed by atoms with Gasteiger partial charge in [-0.05, 0) is 25.0 Å². The minimum atomic E-state index is -0.138. The van der Waals surface area contributed by atoms with Crippen molar-refractivity contribution >= 4 is 5.78 Å². The van der Waals surface area contributed by atoms with Crippen molar-refractivity contribution in [1.82, 2.24) is 0 Å². The van der Waals surface area contributed by atoms with Crippen molar-refractivity contribution in [3.8, 4) is 11.8 Å². The van der Waals surface area contributed by atoms with Crippen molar-refractivity contribution < 1.29 is 9.90 Å². The largest absolute Gasteiger partial charge is 0.384 e. The molecule has 1 aromatic carbocycles. The molecule has 0 heterocycles. The number of rotatable bonds is 3. The predicted molar refractivity (Wildman–Crippen MR) is 59.4 cm³/mol. The van der Waals surface area contributed by atoms with Gasteiger partial charge in [-0.15, -0.1) is 0 Å². The van der Waals surface area contributed by atoms with Gasteiger partial charge in [-0.25, -0.2) is 0 Å². The van der Waals surface area contributed by atoms with Gasteiger partial charge in [-0.3, -0.25) is 0 Å². The molecule has 0 unspecified atom stereocenters. The molecule has 1 rings (SSSR count). The summed E-state index contributed by atoms with van der Waals surface area (Å²) >= 11 is 0. The molecule has 1 N–H and O–H groups in total. The Hall–Kier alpha value is -1.59. The van der Waals surface area contributed by atoms with Gasteiger partial charge in [0.25, 0.3) is 0 Å². The zero-order valence-corrected chi connectivity index (χ0v) is 8.79. The molecule has 0 fully saturated rings. The Morgan fingerprint density at radius 3 is 2.80 bits per heavy atom. The Kier molecular flexibility index (Phi) is 4.59. The Labute approximate surface area is 89.9 Å². The number of hydrogen-bond donors (Lipinski definition) is 1. The first kappa shape index (κ1) is 11.5. The third-order valence-corrected chi connectivity index (χ3v) is 2.07. The zero-order valence-electron chi connectivity index (χ0n) is 8.79. The summed E-state index contributed by atoms with van der Waals surface area (Å²) in [5.74, 6) is 5.67. The van der Waals surface area contributed by atoms with Crippen LogP contribution in [-0.4, -0.2) is 17.5 Å². The lowest BCUT2D eigenvalue weighted by Gasteiger charge is -2.02. The first-order chi connectivity index (χ1) is 7.24. The number of ketones is 1. The van der Waals surface area contributed by atoms with Gasteiger partial charge in [0.05, 0.1) is 0 Å². The Morgan fingerprint density at radius 2 is 2.13 bits per heavy atom. The highest BCUT2D eigenvalue weighted by molar-refractivity contribution is 5.75. The number of aliphatic hydroxyl groups is 1. The summed E-state index contributed by atoms with van der Waals surface area (Å²) in [5.41, 5.74) is 1.96. The Balaban J connectivity index is 2.81. The van der Waals surface area contributed by atoms with Gasteiger partial charge in [0.2, 0.25) is 0 Å². The third-order valence-electron chi connectivity index (χ3n) is 2.07. The maximum absolute atomic E-state index is 10.9. The van der Waals surface area contributed by atoms with E-state index in [4.69, 9.17) is 5.11 Å². The highest BCUT2D eigenvalue weighted by atomic mass is 16.2. The lowest BCUT2D eigenvalue weighted by atomic mass is 10.0. The van der Waals surface area contributed by atoms with Gasteiger partial charge < -0.3 is 9.90 Å². The van der Waals surface area contributed by atoms with Crippen molar-refractivity contribution in [2.45, 2.75) is 19.8 Å². The second-order valence-corrected chi connectivity index (χ2v) is 3.32. The van der Waals surface area contributed by atoms with Crippen LogP contribution in [0.25, 0.3) is 0 Å². The summed E-state index contributed by atoms with van der Waals surface area (Å²) in [6, 6.07) is 7.70. The smallest absolute Gasteiger partial charge is 0.130 e. The summed E-state index contributed by atoms with van der Waals surface area (Å²) in [4.78, 5) is 10.9. The monoisotopic (exact) mass is 202 g/mol. The van der Waals surface area contributed by atoms with Crippen LogP contribution in [0.15, 0.2) is 24.3 Å². The molecule has 0 aliphatic heterocycles. The SMILES string of the molecule is CC(=O)CCc1ccccc1C#CCO. The van der Waals surface area contributed by atoms with E-state index < -0.39 is 0 Å².